The van der Waals surface area contributed by atoms with Crippen LogP contribution in [0.1, 0.15) is 42.7 Å². The van der Waals surface area contributed by atoms with E-state index in [0.717, 1.165) is 41.7 Å². The number of hydrogen-bond acceptors (Lipinski definition) is 3. The van der Waals surface area contributed by atoms with E-state index in [1.54, 1.807) is 13.2 Å². The molecule has 0 saturated heterocycles. The fraction of sp³-hybridized carbons (Fsp3) is 0.286. The Morgan fingerprint density at radius 3 is 2.39 bits per heavy atom. The number of ether oxygens (including phenoxy) is 1. The Morgan fingerprint density at radius 2 is 1.82 bits per heavy atom. The number of rotatable bonds is 8. The Balaban J connectivity index is 2.13. The largest absolute Gasteiger partial charge is 0.497 e. The van der Waals surface area contributed by atoms with Gasteiger partial charge in [0.2, 0.25) is 0 Å². The lowest BCUT2D eigenvalue weighted by atomic mass is 9.65. The first-order valence-corrected chi connectivity index (χ1v) is 11.7. The van der Waals surface area contributed by atoms with Crippen LogP contribution in [0.25, 0.3) is 6.08 Å². The van der Waals surface area contributed by atoms with Crippen LogP contribution in [0.5, 0.6) is 5.75 Å². The second-order valence-corrected chi connectivity index (χ2v) is 8.93. The second-order valence-electron chi connectivity index (χ2n) is 8.11. The summed E-state index contributed by atoms with van der Waals surface area (Å²) >= 11 is 13.3. The van der Waals surface area contributed by atoms with Gasteiger partial charge in [0.15, 0.2) is 5.41 Å². The molecule has 5 heteroatoms. The van der Waals surface area contributed by atoms with E-state index < -0.39 is 5.41 Å². The van der Waals surface area contributed by atoms with Crippen LogP contribution in [-0.2, 0) is 0 Å². The molecule has 2 aromatic carbocycles. The van der Waals surface area contributed by atoms with Gasteiger partial charge in [-0.25, -0.2) is 0 Å². The predicted molar refractivity (Wildman–Crippen MR) is 135 cm³/mol. The van der Waals surface area contributed by atoms with Gasteiger partial charge < -0.3 is 4.74 Å². The molecule has 2 aromatic rings. The van der Waals surface area contributed by atoms with Gasteiger partial charge in [0.25, 0.3) is 0 Å². The highest BCUT2D eigenvalue weighted by Crippen LogP contribution is 2.49. The molecule has 0 heterocycles. The van der Waals surface area contributed by atoms with Gasteiger partial charge in [0.05, 0.1) is 19.2 Å². The molecule has 3 rings (SSSR count). The molecule has 0 radical (unpaired) electrons. The van der Waals surface area contributed by atoms with Gasteiger partial charge >= 0.3 is 0 Å². The van der Waals surface area contributed by atoms with E-state index in [1.165, 1.54) is 0 Å². The van der Waals surface area contributed by atoms with Crippen LogP contribution in [0.4, 0.5) is 0 Å². The zero-order valence-electron chi connectivity index (χ0n) is 18.6. The van der Waals surface area contributed by atoms with E-state index in [4.69, 9.17) is 27.9 Å². The van der Waals surface area contributed by atoms with Gasteiger partial charge in [0.1, 0.15) is 5.75 Å². The summed E-state index contributed by atoms with van der Waals surface area (Å²) in [7, 11) is 1.64. The molecule has 2 unspecified atom stereocenters. The molecule has 3 nitrogen and oxygen atoms in total. The van der Waals surface area contributed by atoms with Crippen molar-refractivity contribution in [1.29, 1.82) is 10.5 Å². The second kappa shape index (κ2) is 11.2. The predicted octanol–water partition coefficient (Wildman–Crippen LogP) is 8.14. The van der Waals surface area contributed by atoms with Crippen LogP contribution in [0.3, 0.4) is 0 Å². The standard InChI is InChI=1S/C28H26Cl2N2O/c1-3-17-28(18-31,19-32)24-8-5-4-7-22(24)23(27-25(29)9-6-10-26(27)30)16-13-20-11-14-21(33-2)15-12-20/h3,6,8-16,22-23H,1,4-5,7,17H2,2H3. The van der Waals surface area contributed by atoms with Crippen molar-refractivity contribution < 1.29 is 4.74 Å². The van der Waals surface area contributed by atoms with Gasteiger partial charge in [-0.3, -0.25) is 0 Å². The van der Waals surface area contributed by atoms with Crippen molar-refractivity contribution in [3.05, 3.63) is 94.0 Å². The Bertz CT molecular complexity index is 1100. The molecule has 0 amide bonds. The molecule has 0 bridgehead atoms. The molecule has 0 spiro atoms. The van der Waals surface area contributed by atoms with Crippen molar-refractivity contribution in [3.63, 3.8) is 0 Å². The average molecular weight is 477 g/mol. The highest BCUT2D eigenvalue weighted by Gasteiger charge is 2.42. The van der Waals surface area contributed by atoms with E-state index in [9.17, 15) is 10.5 Å². The summed E-state index contributed by atoms with van der Waals surface area (Å²) in [4.78, 5) is 0. The number of allylic oxidation sites excluding steroid dienone is 4. The van der Waals surface area contributed by atoms with E-state index in [-0.39, 0.29) is 18.3 Å². The summed E-state index contributed by atoms with van der Waals surface area (Å²) in [5.41, 5.74) is 1.39. The first-order chi connectivity index (χ1) is 16.0. The summed E-state index contributed by atoms with van der Waals surface area (Å²) in [5.74, 6) is 0.489. The van der Waals surface area contributed by atoms with Crippen LogP contribution in [0, 0.1) is 34.0 Å². The SMILES string of the molecule is C=CCC(C#N)(C#N)C1=CCCCC1C(C=Cc1ccc(OC)cc1)c1c(Cl)cccc1Cl. The van der Waals surface area contributed by atoms with Crippen molar-refractivity contribution in [2.24, 2.45) is 11.3 Å². The number of benzene rings is 2. The van der Waals surface area contributed by atoms with Crippen LogP contribution in [0.2, 0.25) is 10.0 Å². The quantitative estimate of drug-likeness (QED) is 0.361. The molecular formula is C28H26Cl2N2O. The lowest BCUT2D eigenvalue weighted by Crippen LogP contribution is -2.29. The lowest BCUT2D eigenvalue weighted by Gasteiger charge is -2.36. The topological polar surface area (TPSA) is 56.8 Å². The molecular weight excluding hydrogens is 451 g/mol. The molecule has 2 atom stereocenters. The fourth-order valence-electron chi connectivity index (χ4n) is 4.54. The number of nitrogens with zero attached hydrogens (tertiary/aromatic N) is 2. The number of nitriles is 2. The molecule has 1 aliphatic rings. The van der Waals surface area contributed by atoms with E-state index >= 15 is 0 Å². The van der Waals surface area contributed by atoms with E-state index in [2.05, 4.69) is 30.9 Å². The smallest absolute Gasteiger partial charge is 0.168 e. The zero-order chi connectivity index (χ0) is 23.8. The van der Waals surface area contributed by atoms with Crippen molar-refractivity contribution >= 4 is 29.3 Å². The fourth-order valence-corrected chi connectivity index (χ4v) is 5.19. The Labute approximate surface area is 206 Å². The van der Waals surface area contributed by atoms with Crippen molar-refractivity contribution in [2.45, 2.75) is 31.6 Å². The van der Waals surface area contributed by atoms with Gasteiger partial charge in [-0.1, -0.05) is 65.7 Å². The number of halogens is 2. The van der Waals surface area contributed by atoms with Gasteiger partial charge in [-0.05, 0) is 66.1 Å². The molecule has 168 valence electrons. The first kappa shape index (κ1) is 24.7. The van der Waals surface area contributed by atoms with Gasteiger partial charge in [-0.2, -0.15) is 10.5 Å². The summed E-state index contributed by atoms with van der Waals surface area (Å²) in [5, 5.41) is 21.2. The summed E-state index contributed by atoms with van der Waals surface area (Å²) in [6, 6.07) is 17.8. The van der Waals surface area contributed by atoms with Crippen LogP contribution in [0.15, 0.2) is 72.8 Å². The third kappa shape index (κ3) is 5.33. The molecule has 0 N–H and O–H groups in total. The minimum Gasteiger partial charge on any atom is -0.497 e. The van der Waals surface area contributed by atoms with Gasteiger partial charge in [-0.15, -0.1) is 6.58 Å². The number of methoxy groups -OCH3 is 1. The first-order valence-electron chi connectivity index (χ1n) is 10.9. The van der Waals surface area contributed by atoms with E-state index in [1.807, 2.05) is 48.5 Å². The lowest BCUT2D eigenvalue weighted by molar-refractivity contribution is 0.406. The van der Waals surface area contributed by atoms with Crippen LogP contribution in [-0.4, -0.2) is 7.11 Å². The van der Waals surface area contributed by atoms with Crippen LogP contribution < -0.4 is 4.74 Å². The van der Waals surface area contributed by atoms with Crippen LogP contribution >= 0.6 is 23.2 Å². The Morgan fingerprint density at radius 1 is 1.15 bits per heavy atom. The molecule has 0 aromatic heterocycles. The third-order valence-corrected chi connectivity index (χ3v) is 6.85. The molecule has 33 heavy (non-hydrogen) atoms. The summed E-state index contributed by atoms with van der Waals surface area (Å²) in [6.45, 7) is 3.79. The third-order valence-electron chi connectivity index (χ3n) is 6.19. The maximum atomic E-state index is 10.1. The van der Waals surface area contributed by atoms with Gasteiger partial charge in [0, 0.05) is 22.4 Å². The minimum atomic E-state index is -1.26. The maximum absolute atomic E-state index is 10.1. The monoisotopic (exact) mass is 476 g/mol. The highest BCUT2D eigenvalue weighted by molar-refractivity contribution is 6.36. The summed E-state index contributed by atoms with van der Waals surface area (Å²) in [6.07, 6.45) is 10.7. The van der Waals surface area contributed by atoms with Crippen molar-refractivity contribution in [1.82, 2.24) is 0 Å². The van der Waals surface area contributed by atoms with Crippen molar-refractivity contribution in [3.8, 4) is 17.9 Å². The average Bonchev–Trinajstić information content (AvgIpc) is 2.85. The molecule has 0 saturated carbocycles. The Hall–Kier alpha value is -2.98. The van der Waals surface area contributed by atoms with E-state index in [0.29, 0.717) is 10.0 Å². The minimum absolute atomic E-state index is 0.0927. The molecule has 0 fully saturated rings. The van der Waals surface area contributed by atoms with Crippen molar-refractivity contribution in [2.75, 3.05) is 7.11 Å². The summed E-state index contributed by atoms with van der Waals surface area (Å²) < 4.78 is 5.25. The normalized spacial score (nSPS) is 17.0. The zero-order valence-corrected chi connectivity index (χ0v) is 20.1. The molecule has 0 aliphatic heterocycles. The highest BCUT2D eigenvalue weighted by atomic mass is 35.5. The number of hydrogen-bond donors (Lipinski definition) is 0. The molecule has 1 aliphatic carbocycles. The Kier molecular flexibility index (Phi) is 8.40. The maximum Gasteiger partial charge on any atom is 0.168 e.